The zero-order valence-corrected chi connectivity index (χ0v) is 41.2. The minimum atomic E-state index is -4.63. The van der Waals surface area contributed by atoms with Crippen LogP contribution in [0, 0.1) is 0 Å². The van der Waals surface area contributed by atoms with Crippen LogP contribution in [0.15, 0.2) is 85.1 Å². The Morgan fingerprint density at radius 3 is 1.36 bits per heavy atom. The van der Waals surface area contributed by atoms with Crippen molar-refractivity contribution in [2.24, 2.45) is 5.73 Å². The summed E-state index contributed by atoms with van der Waals surface area (Å²) in [7, 11) is -4.63. The van der Waals surface area contributed by atoms with Crippen LogP contribution in [0.3, 0.4) is 0 Å². The number of hydrogen-bond donors (Lipinski definition) is 3. The fourth-order valence-electron chi connectivity index (χ4n) is 6.54. The maximum atomic E-state index is 12.7. The molecule has 3 unspecified atom stereocenters. The average Bonchev–Trinajstić information content (AvgIpc) is 3.28. The number of allylic oxidation sites excluding steroid dienone is 14. The van der Waals surface area contributed by atoms with Crippen LogP contribution in [0.1, 0.15) is 200 Å². The highest BCUT2D eigenvalue weighted by Crippen LogP contribution is 2.43. The molecule has 3 atom stereocenters. The van der Waals surface area contributed by atoms with E-state index in [9.17, 15) is 19.0 Å². The standard InChI is InChI=1S/C53H92NO9P/c1-3-5-7-9-11-13-15-17-19-21-23-24-25-26-27-28-30-32-34-36-38-40-42-44-46-60-47-50(48-61-64(58,59)62-49-51(54)53(56)57)63-52(55)45-43-41-39-37-35-33-31-29-22-20-18-16-14-12-10-8-6-4-2/h5,7,11,13-14,16-17,19-20,22-24,26-27,50-51H,3-4,6,8-10,12,15,18,21,25,28-49,54H2,1-2H3,(H,56,57)(H,58,59)/b7-5-,13-11-,16-14-,19-17-,22-20-,24-23-,27-26-. The molecule has 0 aliphatic rings. The van der Waals surface area contributed by atoms with E-state index in [-0.39, 0.29) is 13.0 Å². The van der Waals surface area contributed by atoms with Crippen LogP contribution in [0.5, 0.6) is 0 Å². The summed E-state index contributed by atoms with van der Waals surface area (Å²) >= 11 is 0. The topological polar surface area (TPSA) is 155 Å². The van der Waals surface area contributed by atoms with Gasteiger partial charge in [0, 0.05) is 13.0 Å². The third-order valence-corrected chi connectivity index (χ3v) is 11.4. The molecule has 0 aromatic rings. The van der Waals surface area contributed by atoms with Crippen molar-refractivity contribution >= 4 is 19.8 Å². The molecule has 0 aliphatic carbocycles. The summed E-state index contributed by atoms with van der Waals surface area (Å²) in [5, 5.41) is 8.93. The average molecular weight is 918 g/mol. The zero-order valence-electron chi connectivity index (χ0n) is 40.3. The first-order valence-electron chi connectivity index (χ1n) is 25.1. The highest BCUT2D eigenvalue weighted by Gasteiger charge is 2.27. The van der Waals surface area contributed by atoms with Crippen LogP contribution in [0.4, 0.5) is 0 Å². The molecular weight excluding hydrogens is 826 g/mol. The van der Waals surface area contributed by atoms with Crippen molar-refractivity contribution in [2.45, 2.75) is 212 Å². The van der Waals surface area contributed by atoms with E-state index >= 15 is 0 Å². The number of carbonyl (C=O) groups excluding carboxylic acids is 1. The Kier molecular flexibility index (Phi) is 46.0. The van der Waals surface area contributed by atoms with E-state index in [4.69, 9.17) is 29.4 Å². The molecule has 0 bridgehead atoms. The van der Waals surface area contributed by atoms with Gasteiger partial charge in [-0.15, -0.1) is 0 Å². The molecule has 0 aromatic carbocycles. The third-order valence-electron chi connectivity index (χ3n) is 10.4. The summed E-state index contributed by atoms with van der Waals surface area (Å²) in [5.74, 6) is -1.79. The van der Waals surface area contributed by atoms with Gasteiger partial charge in [-0.25, -0.2) is 4.57 Å². The molecule has 64 heavy (non-hydrogen) atoms. The fraction of sp³-hybridized carbons (Fsp3) is 0.698. The van der Waals surface area contributed by atoms with Crippen molar-refractivity contribution in [3.63, 3.8) is 0 Å². The van der Waals surface area contributed by atoms with Crippen molar-refractivity contribution in [3.8, 4) is 0 Å². The lowest BCUT2D eigenvalue weighted by Gasteiger charge is -2.20. The first kappa shape index (κ1) is 61.1. The molecule has 0 radical (unpaired) electrons. The van der Waals surface area contributed by atoms with Gasteiger partial charge < -0.3 is 25.2 Å². The lowest BCUT2D eigenvalue weighted by Crippen LogP contribution is -2.34. The predicted octanol–water partition coefficient (Wildman–Crippen LogP) is 14.7. The largest absolute Gasteiger partial charge is 0.480 e. The Morgan fingerprint density at radius 1 is 0.516 bits per heavy atom. The number of unbranched alkanes of at least 4 members (excludes halogenated alkanes) is 19. The molecule has 0 aromatic heterocycles. The number of carbonyl (C=O) groups is 2. The number of rotatable bonds is 47. The van der Waals surface area contributed by atoms with Gasteiger partial charge in [0.1, 0.15) is 12.1 Å². The summed E-state index contributed by atoms with van der Waals surface area (Å²) < 4.78 is 33.5. The SMILES string of the molecule is CC/C=C\C/C=C\C/C=C\C/C=C\C/C=C\CCCCCCCCCCOCC(COP(=O)(O)OCC(N)C(=O)O)OC(=O)CCCCCCCCC/C=C\C/C=C\CCCCCC. The van der Waals surface area contributed by atoms with E-state index in [1.165, 1.54) is 83.5 Å². The number of nitrogens with two attached hydrogens (primary N) is 1. The van der Waals surface area contributed by atoms with Gasteiger partial charge in [0.15, 0.2) is 0 Å². The first-order chi connectivity index (χ1) is 31.2. The summed E-state index contributed by atoms with van der Waals surface area (Å²) in [6, 6.07) is -1.48. The van der Waals surface area contributed by atoms with Gasteiger partial charge in [-0.05, 0) is 89.9 Å². The number of phosphoric ester groups is 1. The quantitative estimate of drug-likeness (QED) is 0.0233. The van der Waals surface area contributed by atoms with Crippen LogP contribution in [-0.4, -0.2) is 60.5 Å². The molecule has 0 saturated heterocycles. The van der Waals surface area contributed by atoms with Crippen LogP contribution >= 0.6 is 7.82 Å². The molecule has 10 nitrogen and oxygen atoms in total. The maximum Gasteiger partial charge on any atom is 0.472 e. The van der Waals surface area contributed by atoms with Crippen LogP contribution in [0.2, 0.25) is 0 Å². The number of phosphoric acid groups is 1. The molecule has 11 heteroatoms. The maximum absolute atomic E-state index is 12.7. The molecular formula is C53H92NO9P. The van der Waals surface area contributed by atoms with Gasteiger partial charge in [0.25, 0.3) is 0 Å². The lowest BCUT2D eigenvalue weighted by atomic mass is 10.1. The van der Waals surface area contributed by atoms with Crippen LogP contribution in [-0.2, 0) is 32.7 Å². The van der Waals surface area contributed by atoms with Gasteiger partial charge >= 0.3 is 19.8 Å². The summed E-state index contributed by atoms with van der Waals surface area (Å²) in [5.41, 5.74) is 5.37. The first-order valence-corrected chi connectivity index (χ1v) is 26.6. The Morgan fingerprint density at radius 2 is 0.906 bits per heavy atom. The number of hydrogen-bond acceptors (Lipinski definition) is 8. The summed E-state index contributed by atoms with van der Waals surface area (Å²) in [6.45, 7) is 3.72. The van der Waals surface area contributed by atoms with E-state index in [2.05, 4.69) is 98.9 Å². The zero-order chi connectivity index (χ0) is 46.9. The Labute approximate surface area is 390 Å². The second-order valence-corrected chi connectivity index (χ2v) is 18.0. The highest BCUT2D eigenvalue weighted by molar-refractivity contribution is 7.47. The summed E-state index contributed by atoms with van der Waals surface area (Å²) in [6.07, 6.45) is 62.0. The van der Waals surface area contributed by atoms with Crippen molar-refractivity contribution in [1.29, 1.82) is 0 Å². The Bertz CT molecular complexity index is 1340. The molecule has 0 amide bonds. The lowest BCUT2D eigenvalue weighted by molar-refractivity contribution is -0.154. The van der Waals surface area contributed by atoms with Gasteiger partial charge in [0.2, 0.25) is 0 Å². The van der Waals surface area contributed by atoms with Crippen molar-refractivity contribution in [3.05, 3.63) is 85.1 Å². The van der Waals surface area contributed by atoms with Crippen molar-refractivity contribution < 1.29 is 42.7 Å². The van der Waals surface area contributed by atoms with Gasteiger partial charge in [-0.2, -0.15) is 0 Å². The van der Waals surface area contributed by atoms with E-state index in [1.807, 2.05) is 0 Å². The molecule has 0 aliphatic heterocycles. The molecule has 0 rings (SSSR count). The molecule has 0 heterocycles. The van der Waals surface area contributed by atoms with Crippen LogP contribution in [0.25, 0.3) is 0 Å². The van der Waals surface area contributed by atoms with E-state index in [0.29, 0.717) is 13.0 Å². The van der Waals surface area contributed by atoms with Crippen molar-refractivity contribution in [1.82, 2.24) is 0 Å². The second kappa shape index (κ2) is 48.1. The predicted molar refractivity (Wildman–Crippen MR) is 267 cm³/mol. The second-order valence-electron chi connectivity index (χ2n) is 16.6. The van der Waals surface area contributed by atoms with E-state index in [1.54, 1.807) is 0 Å². The van der Waals surface area contributed by atoms with E-state index in [0.717, 1.165) is 89.9 Å². The number of esters is 1. The normalized spacial score (nSPS) is 14.4. The molecule has 0 fully saturated rings. The smallest absolute Gasteiger partial charge is 0.472 e. The van der Waals surface area contributed by atoms with Gasteiger partial charge in [-0.3, -0.25) is 18.6 Å². The van der Waals surface area contributed by atoms with Crippen LogP contribution < -0.4 is 5.73 Å². The molecule has 0 saturated carbocycles. The molecule has 4 N–H and O–H groups in total. The highest BCUT2D eigenvalue weighted by atomic mass is 31.2. The minimum absolute atomic E-state index is 0.00326. The Hall–Kier alpha value is -2.85. The van der Waals surface area contributed by atoms with E-state index < -0.39 is 45.1 Å². The molecule has 0 spiro atoms. The number of aliphatic carboxylic acids is 1. The number of ether oxygens (including phenoxy) is 2. The van der Waals surface area contributed by atoms with Gasteiger partial charge in [-0.1, -0.05) is 189 Å². The van der Waals surface area contributed by atoms with Gasteiger partial charge in [0.05, 0.1) is 19.8 Å². The summed E-state index contributed by atoms with van der Waals surface area (Å²) in [4.78, 5) is 33.7. The number of carboxylic acids is 1. The Balaban J connectivity index is 4.20. The minimum Gasteiger partial charge on any atom is -0.480 e. The number of carboxylic acid groups (broad SMARTS) is 1. The van der Waals surface area contributed by atoms with Crippen molar-refractivity contribution in [2.75, 3.05) is 26.4 Å². The monoisotopic (exact) mass is 918 g/mol. The fourth-order valence-corrected chi connectivity index (χ4v) is 7.32. The molecule has 368 valence electrons. The third kappa shape index (κ3) is 47.1.